The SMILES string of the molecule is CCCCCC(=O)N(CCC)[C@H](C)c1nc2ccccc2c(=O)n1-c1ccc(CC)cc1. The van der Waals surface area contributed by atoms with Crippen LogP contribution in [-0.2, 0) is 11.2 Å². The largest absolute Gasteiger partial charge is 0.333 e. The maximum atomic E-state index is 13.6. The molecular weight excluding hydrogens is 398 g/mol. The first-order valence-corrected chi connectivity index (χ1v) is 11.9. The van der Waals surface area contributed by atoms with E-state index in [-0.39, 0.29) is 17.5 Å². The summed E-state index contributed by atoms with van der Waals surface area (Å²) in [5.41, 5.74) is 2.55. The summed E-state index contributed by atoms with van der Waals surface area (Å²) in [6.07, 6.45) is 5.33. The van der Waals surface area contributed by atoms with Crippen LogP contribution in [0.3, 0.4) is 0 Å². The summed E-state index contributed by atoms with van der Waals surface area (Å²) in [7, 11) is 0. The molecule has 1 aromatic heterocycles. The fourth-order valence-corrected chi connectivity index (χ4v) is 4.14. The Morgan fingerprint density at radius 1 is 1.00 bits per heavy atom. The van der Waals surface area contributed by atoms with Crippen LogP contribution in [0.2, 0.25) is 0 Å². The molecule has 3 rings (SSSR count). The van der Waals surface area contributed by atoms with Crippen LogP contribution in [0.4, 0.5) is 0 Å². The van der Waals surface area contributed by atoms with E-state index in [2.05, 4.69) is 20.8 Å². The monoisotopic (exact) mass is 433 g/mol. The number of nitrogens with zero attached hydrogens (tertiary/aromatic N) is 3. The molecule has 32 heavy (non-hydrogen) atoms. The number of fused-ring (bicyclic) bond motifs is 1. The van der Waals surface area contributed by atoms with Gasteiger partial charge in [0, 0.05) is 13.0 Å². The zero-order valence-corrected chi connectivity index (χ0v) is 19.8. The number of carbonyl (C=O) groups is 1. The minimum atomic E-state index is -0.313. The number of benzene rings is 2. The first-order valence-electron chi connectivity index (χ1n) is 11.9. The topological polar surface area (TPSA) is 55.2 Å². The van der Waals surface area contributed by atoms with Gasteiger partial charge in [-0.2, -0.15) is 0 Å². The van der Waals surface area contributed by atoms with Gasteiger partial charge in [0.05, 0.1) is 22.6 Å². The smallest absolute Gasteiger partial charge is 0.266 e. The van der Waals surface area contributed by atoms with Gasteiger partial charge < -0.3 is 4.90 Å². The molecule has 0 saturated heterocycles. The Kier molecular flexibility index (Phi) is 8.20. The average molecular weight is 434 g/mol. The van der Waals surface area contributed by atoms with Crippen LogP contribution in [0.25, 0.3) is 16.6 Å². The van der Waals surface area contributed by atoms with Gasteiger partial charge in [-0.3, -0.25) is 14.2 Å². The molecule has 0 aliphatic carbocycles. The zero-order chi connectivity index (χ0) is 23.1. The van der Waals surface area contributed by atoms with Crippen molar-refractivity contribution in [2.24, 2.45) is 0 Å². The molecule has 0 aliphatic heterocycles. The molecule has 2 aromatic carbocycles. The molecule has 0 N–H and O–H groups in total. The lowest BCUT2D eigenvalue weighted by molar-refractivity contribution is -0.133. The summed E-state index contributed by atoms with van der Waals surface area (Å²) in [6, 6.07) is 15.2. The molecule has 1 heterocycles. The number of para-hydroxylation sites is 1. The maximum absolute atomic E-state index is 13.6. The third-order valence-electron chi connectivity index (χ3n) is 6.02. The predicted octanol–water partition coefficient (Wildman–Crippen LogP) is 5.83. The highest BCUT2D eigenvalue weighted by Gasteiger charge is 2.26. The summed E-state index contributed by atoms with van der Waals surface area (Å²) >= 11 is 0. The lowest BCUT2D eigenvalue weighted by atomic mass is 10.1. The van der Waals surface area contributed by atoms with Gasteiger partial charge in [0.25, 0.3) is 5.56 Å². The third kappa shape index (κ3) is 5.09. The van der Waals surface area contributed by atoms with Crippen molar-refractivity contribution < 1.29 is 4.79 Å². The lowest BCUT2D eigenvalue weighted by Gasteiger charge is -2.30. The Hall–Kier alpha value is -2.95. The molecule has 3 aromatic rings. The number of rotatable bonds is 10. The number of unbranched alkanes of at least 4 members (excludes halogenated alkanes) is 2. The van der Waals surface area contributed by atoms with E-state index in [1.165, 1.54) is 5.56 Å². The number of amides is 1. The van der Waals surface area contributed by atoms with E-state index in [9.17, 15) is 9.59 Å². The molecule has 0 unspecified atom stereocenters. The molecule has 5 heteroatoms. The highest BCUT2D eigenvalue weighted by Crippen LogP contribution is 2.24. The molecule has 0 aliphatic rings. The van der Waals surface area contributed by atoms with Crippen LogP contribution < -0.4 is 5.56 Å². The van der Waals surface area contributed by atoms with Gasteiger partial charge in [0.2, 0.25) is 5.91 Å². The van der Waals surface area contributed by atoms with E-state index in [0.29, 0.717) is 29.7 Å². The molecular formula is C27H35N3O2. The summed E-state index contributed by atoms with van der Waals surface area (Å²) < 4.78 is 1.69. The van der Waals surface area contributed by atoms with Crippen molar-refractivity contribution in [1.82, 2.24) is 14.5 Å². The van der Waals surface area contributed by atoms with Gasteiger partial charge >= 0.3 is 0 Å². The van der Waals surface area contributed by atoms with Crippen molar-refractivity contribution in [3.05, 3.63) is 70.3 Å². The third-order valence-corrected chi connectivity index (χ3v) is 6.02. The Balaban J connectivity index is 2.13. The minimum Gasteiger partial charge on any atom is -0.333 e. The summed E-state index contributed by atoms with van der Waals surface area (Å²) in [6.45, 7) is 8.95. The van der Waals surface area contributed by atoms with Crippen molar-refractivity contribution in [1.29, 1.82) is 0 Å². The fraction of sp³-hybridized carbons (Fsp3) is 0.444. The summed E-state index contributed by atoms with van der Waals surface area (Å²) in [5.74, 6) is 0.735. The highest BCUT2D eigenvalue weighted by molar-refractivity contribution is 5.79. The molecule has 1 atom stereocenters. The number of aromatic nitrogens is 2. The zero-order valence-electron chi connectivity index (χ0n) is 19.8. The van der Waals surface area contributed by atoms with E-state index >= 15 is 0 Å². The molecule has 0 bridgehead atoms. The van der Waals surface area contributed by atoms with Gasteiger partial charge in [0.15, 0.2) is 0 Å². The number of hydrogen-bond donors (Lipinski definition) is 0. The maximum Gasteiger partial charge on any atom is 0.266 e. The Morgan fingerprint density at radius 2 is 1.72 bits per heavy atom. The standard InChI is InChI=1S/C27H35N3O2/c1-5-8-9-14-25(31)29(19-6-2)20(4)26-28-24-13-11-10-12-23(24)27(32)30(26)22-17-15-21(7-3)16-18-22/h10-13,15-18,20H,5-9,14,19H2,1-4H3/t20-/m1/s1. The Bertz CT molecular complexity index is 1100. The van der Waals surface area contributed by atoms with Crippen molar-refractivity contribution in [3.63, 3.8) is 0 Å². The number of hydrogen-bond acceptors (Lipinski definition) is 3. The van der Waals surface area contributed by atoms with E-state index < -0.39 is 0 Å². The molecule has 0 radical (unpaired) electrons. The van der Waals surface area contributed by atoms with E-state index in [1.54, 1.807) is 4.57 Å². The van der Waals surface area contributed by atoms with Crippen molar-refractivity contribution in [2.75, 3.05) is 6.54 Å². The van der Waals surface area contributed by atoms with Gasteiger partial charge in [-0.05, 0) is 56.0 Å². The second-order valence-corrected chi connectivity index (χ2v) is 8.37. The second kappa shape index (κ2) is 11.1. The first kappa shape index (κ1) is 23.7. The van der Waals surface area contributed by atoms with Gasteiger partial charge in [-0.1, -0.05) is 57.9 Å². The van der Waals surface area contributed by atoms with Crippen LogP contribution in [0.1, 0.15) is 77.2 Å². The molecule has 5 nitrogen and oxygen atoms in total. The van der Waals surface area contributed by atoms with E-state index in [4.69, 9.17) is 4.98 Å². The van der Waals surface area contributed by atoms with E-state index in [1.807, 2.05) is 60.4 Å². The quantitative estimate of drug-likeness (QED) is 0.378. The molecule has 0 saturated carbocycles. The van der Waals surface area contributed by atoms with Crippen molar-refractivity contribution in [3.8, 4) is 5.69 Å². The lowest BCUT2D eigenvalue weighted by Crippen LogP contribution is -2.37. The average Bonchev–Trinajstić information content (AvgIpc) is 2.82. The first-order chi connectivity index (χ1) is 15.5. The molecule has 1 amide bonds. The van der Waals surface area contributed by atoms with Crippen molar-refractivity contribution in [2.45, 2.75) is 72.3 Å². The normalized spacial score (nSPS) is 12.1. The van der Waals surface area contributed by atoms with Gasteiger partial charge in [0.1, 0.15) is 5.82 Å². The summed E-state index contributed by atoms with van der Waals surface area (Å²) in [4.78, 5) is 33.5. The Labute approximate surface area is 191 Å². The Morgan fingerprint density at radius 3 is 2.38 bits per heavy atom. The van der Waals surface area contributed by atoms with E-state index in [0.717, 1.165) is 37.8 Å². The number of carbonyl (C=O) groups excluding carboxylic acids is 1. The van der Waals surface area contributed by atoms with Crippen LogP contribution in [-0.4, -0.2) is 26.9 Å². The molecule has 0 fully saturated rings. The predicted molar refractivity (Wildman–Crippen MR) is 131 cm³/mol. The minimum absolute atomic E-state index is 0.100. The van der Waals surface area contributed by atoms with Crippen LogP contribution >= 0.6 is 0 Å². The van der Waals surface area contributed by atoms with Gasteiger partial charge in [-0.15, -0.1) is 0 Å². The van der Waals surface area contributed by atoms with Crippen molar-refractivity contribution >= 4 is 16.8 Å². The van der Waals surface area contributed by atoms with Crippen LogP contribution in [0.5, 0.6) is 0 Å². The van der Waals surface area contributed by atoms with Crippen LogP contribution in [0.15, 0.2) is 53.3 Å². The van der Waals surface area contributed by atoms with Crippen LogP contribution in [0, 0.1) is 0 Å². The highest BCUT2D eigenvalue weighted by atomic mass is 16.2. The summed E-state index contributed by atoms with van der Waals surface area (Å²) in [5, 5.41) is 0.583. The fourth-order valence-electron chi connectivity index (χ4n) is 4.14. The molecule has 170 valence electrons. The van der Waals surface area contributed by atoms with Gasteiger partial charge in [-0.25, -0.2) is 4.98 Å². The molecule has 0 spiro atoms. The number of aryl methyl sites for hydroxylation is 1. The second-order valence-electron chi connectivity index (χ2n) is 8.37.